The lowest BCUT2D eigenvalue weighted by atomic mass is 10.3. The van der Waals surface area contributed by atoms with Gasteiger partial charge in [0.2, 0.25) is 5.91 Å². The zero-order chi connectivity index (χ0) is 18.0. The van der Waals surface area contributed by atoms with E-state index in [4.69, 9.17) is 16.0 Å². The van der Waals surface area contributed by atoms with E-state index in [1.54, 1.807) is 36.9 Å². The summed E-state index contributed by atoms with van der Waals surface area (Å²) in [6, 6.07) is 7.61. The van der Waals surface area contributed by atoms with Gasteiger partial charge in [-0.2, -0.15) is 0 Å². The average Bonchev–Trinajstić information content (AvgIpc) is 3.20. The molecule has 0 saturated heterocycles. The van der Waals surface area contributed by atoms with Gasteiger partial charge < -0.3 is 14.3 Å². The summed E-state index contributed by atoms with van der Waals surface area (Å²) in [5.41, 5.74) is 0.0797. The van der Waals surface area contributed by atoms with Gasteiger partial charge in [-0.3, -0.25) is 4.79 Å². The summed E-state index contributed by atoms with van der Waals surface area (Å²) in [6.45, 7) is 1.70. The van der Waals surface area contributed by atoms with Crippen LogP contribution in [0.5, 0.6) is 0 Å². The minimum absolute atomic E-state index is 0.0797. The second-order valence-corrected chi connectivity index (χ2v) is 6.96. The SMILES string of the molecule is CC(Sc1nnc(-c2ccco2)n1C)C(=O)Nc1ccc(Cl)cc1F. The summed E-state index contributed by atoms with van der Waals surface area (Å²) >= 11 is 6.91. The molecule has 3 aromatic rings. The molecular formula is C16H14ClFN4O2S. The Hall–Kier alpha value is -2.32. The number of rotatable bonds is 5. The van der Waals surface area contributed by atoms with E-state index in [-0.39, 0.29) is 16.6 Å². The van der Waals surface area contributed by atoms with Gasteiger partial charge in [-0.1, -0.05) is 23.4 Å². The maximum atomic E-state index is 13.8. The van der Waals surface area contributed by atoms with Gasteiger partial charge in [0.05, 0.1) is 17.2 Å². The molecule has 1 amide bonds. The first-order chi connectivity index (χ1) is 12.0. The molecular weight excluding hydrogens is 367 g/mol. The smallest absolute Gasteiger partial charge is 0.237 e. The van der Waals surface area contributed by atoms with Crippen LogP contribution in [0.2, 0.25) is 5.02 Å². The van der Waals surface area contributed by atoms with Crippen LogP contribution in [0, 0.1) is 5.82 Å². The van der Waals surface area contributed by atoms with Crippen molar-refractivity contribution < 1.29 is 13.6 Å². The van der Waals surface area contributed by atoms with E-state index in [9.17, 15) is 9.18 Å². The fraction of sp³-hybridized carbons (Fsp3) is 0.188. The predicted octanol–water partition coefficient (Wildman–Crippen LogP) is 3.99. The molecule has 0 saturated carbocycles. The van der Waals surface area contributed by atoms with Crippen molar-refractivity contribution in [3.05, 3.63) is 47.4 Å². The van der Waals surface area contributed by atoms with Crippen molar-refractivity contribution in [1.29, 1.82) is 0 Å². The number of hydrogen-bond acceptors (Lipinski definition) is 5. The van der Waals surface area contributed by atoms with Crippen LogP contribution in [-0.2, 0) is 11.8 Å². The molecule has 1 aromatic carbocycles. The Morgan fingerprint density at radius 3 is 2.88 bits per heavy atom. The summed E-state index contributed by atoms with van der Waals surface area (Å²) in [6.07, 6.45) is 1.55. The molecule has 0 aliphatic rings. The monoisotopic (exact) mass is 380 g/mol. The topological polar surface area (TPSA) is 73.0 Å². The third-order valence-electron chi connectivity index (χ3n) is 3.42. The predicted molar refractivity (Wildman–Crippen MR) is 94.1 cm³/mol. The van der Waals surface area contributed by atoms with Gasteiger partial charge in [0.1, 0.15) is 5.82 Å². The minimum Gasteiger partial charge on any atom is -0.461 e. The third-order valence-corrected chi connectivity index (χ3v) is 4.79. The van der Waals surface area contributed by atoms with E-state index in [0.717, 1.165) is 6.07 Å². The minimum atomic E-state index is -0.586. The molecule has 0 aliphatic carbocycles. The number of furan rings is 1. The standard InChI is InChI=1S/C16H14ClFN4O2S/c1-9(15(23)19-12-6-5-10(17)8-11(12)18)25-16-21-20-14(22(16)2)13-4-3-7-24-13/h3-9H,1-2H3,(H,19,23). The van der Waals surface area contributed by atoms with Crippen molar-refractivity contribution in [1.82, 2.24) is 14.8 Å². The average molecular weight is 381 g/mol. The largest absolute Gasteiger partial charge is 0.461 e. The molecule has 1 unspecified atom stereocenters. The van der Waals surface area contributed by atoms with Gasteiger partial charge in [0.25, 0.3) is 0 Å². The van der Waals surface area contributed by atoms with Gasteiger partial charge >= 0.3 is 0 Å². The lowest BCUT2D eigenvalue weighted by Gasteiger charge is -2.12. The summed E-state index contributed by atoms with van der Waals surface area (Å²) in [5, 5.41) is 11.0. The van der Waals surface area contributed by atoms with Gasteiger partial charge in [0, 0.05) is 12.1 Å². The van der Waals surface area contributed by atoms with E-state index in [2.05, 4.69) is 15.5 Å². The first kappa shape index (κ1) is 17.5. The zero-order valence-corrected chi connectivity index (χ0v) is 14.9. The number of carbonyl (C=O) groups is 1. The summed E-state index contributed by atoms with van der Waals surface area (Å²) in [7, 11) is 1.78. The second kappa shape index (κ2) is 7.28. The van der Waals surface area contributed by atoms with Crippen molar-refractivity contribution in [2.75, 3.05) is 5.32 Å². The summed E-state index contributed by atoms with van der Waals surface area (Å²) < 4.78 is 20.8. The van der Waals surface area contributed by atoms with Gasteiger partial charge in [-0.05, 0) is 37.3 Å². The van der Waals surface area contributed by atoms with Gasteiger partial charge in [-0.15, -0.1) is 10.2 Å². The fourth-order valence-corrected chi connectivity index (χ4v) is 3.05. The molecule has 0 fully saturated rings. The normalized spacial score (nSPS) is 12.2. The van der Waals surface area contributed by atoms with Crippen molar-refractivity contribution >= 4 is 35.0 Å². The maximum absolute atomic E-state index is 13.8. The van der Waals surface area contributed by atoms with Crippen molar-refractivity contribution in [3.8, 4) is 11.6 Å². The number of anilines is 1. The molecule has 25 heavy (non-hydrogen) atoms. The Kier molecular flexibility index (Phi) is 5.10. The van der Waals surface area contributed by atoms with Crippen LogP contribution in [0.25, 0.3) is 11.6 Å². The number of aromatic nitrogens is 3. The van der Waals surface area contributed by atoms with Gasteiger partial charge in [-0.25, -0.2) is 4.39 Å². The Balaban J connectivity index is 1.69. The molecule has 1 atom stereocenters. The highest BCUT2D eigenvalue weighted by Gasteiger charge is 2.21. The Morgan fingerprint density at radius 1 is 1.40 bits per heavy atom. The number of amides is 1. The van der Waals surface area contributed by atoms with Crippen LogP contribution in [0.15, 0.2) is 46.2 Å². The van der Waals surface area contributed by atoms with Crippen LogP contribution >= 0.6 is 23.4 Å². The molecule has 0 bridgehead atoms. The molecule has 1 N–H and O–H groups in total. The van der Waals surface area contributed by atoms with Crippen LogP contribution in [0.4, 0.5) is 10.1 Å². The number of nitrogens with one attached hydrogen (secondary N) is 1. The maximum Gasteiger partial charge on any atom is 0.237 e. The molecule has 130 valence electrons. The number of nitrogens with zero attached hydrogens (tertiary/aromatic N) is 3. The lowest BCUT2D eigenvalue weighted by molar-refractivity contribution is -0.115. The number of halogens is 2. The zero-order valence-electron chi connectivity index (χ0n) is 13.4. The molecule has 0 spiro atoms. The van der Waals surface area contributed by atoms with E-state index in [1.807, 2.05) is 0 Å². The molecule has 2 heterocycles. The molecule has 2 aromatic heterocycles. The Morgan fingerprint density at radius 2 is 2.20 bits per heavy atom. The summed E-state index contributed by atoms with van der Waals surface area (Å²) in [5.74, 6) is 0.205. The van der Waals surface area contributed by atoms with Crippen molar-refractivity contribution in [3.63, 3.8) is 0 Å². The lowest BCUT2D eigenvalue weighted by Crippen LogP contribution is -2.23. The molecule has 0 aliphatic heterocycles. The van der Waals surface area contributed by atoms with E-state index < -0.39 is 11.1 Å². The number of benzene rings is 1. The van der Waals surface area contributed by atoms with E-state index in [1.165, 1.54) is 23.9 Å². The number of hydrogen-bond donors (Lipinski definition) is 1. The van der Waals surface area contributed by atoms with Gasteiger partial charge in [0.15, 0.2) is 16.7 Å². The molecule has 0 radical (unpaired) electrons. The molecule has 9 heteroatoms. The van der Waals surface area contributed by atoms with Crippen LogP contribution in [0.3, 0.4) is 0 Å². The van der Waals surface area contributed by atoms with Crippen molar-refractivity contribution in [2.45, 2.75) is 17.3 Å². The van der Waals surface area contributed by atoms with E-state index in [0.29, 0.717) is 16.7 Å². The Labute approximate surface area is 152 Å². The van der Waals surface area contributed by atoms with Crippen LogP contribution in [-0.4, -0.2) is 25.9 Å². The van der Waals surface area contributed by atoms with Crippen LogP contribution in [0.1, 0.15) is 6.92 Å². The molecule has 3 rings (SSSR count). The van der Waals surface area contributed by atoms with Crippen molar-refractivity contribution in [2.24, 2.45) is 7.05 Å². The van der Waals surface area contributed by atoms with Crippen LogP contribution < -0.4 is 5.32 Å². The highest BCUT2D eigenvalue weighted by molar-refractivity contribution is 8.00. The highest BCUT2D eigenvalue weighted by Crippen LogP contribution is 2.27. The first-order valence-corrected chi connectivity index (χ1v) is 8.57. The molecule has 6 nitrogen and oxygen atoms in total. The number of carbonyl (C=O) groups excluding carboxylic acids is 1. The summed E-state index contributed by atoms with van der Waals surface area (Å²) in [4.78, 5) is 12.3. The highest BCUT2D eigenvalue weighted by atomic mass is 35.5. The quantitative estimate of drug-likeness (QED) is 0.677. The number of thioether (sulfide) groups is 1. The Bertz CT molecular complexity index is 898. The van der Waals surface area contributed by atoms with E-state index >= 15 is 0 Å². The second-order valence-electron chi connectivity index (χ2n) is 5.22. The third kappa shape index (κ3) is 3.85. The fourth-order valence-electron chi connectivity index (χ4n) is 2.07. The first-order valence-electron chi connectivity index (χ1n) is 7.31.